The van der Waals surface area contributed by atoms with Crippen LogP contribution in [0.1, 0.15) is 10.4 Å². The molecule has 0 bridgehead atoms. The molecular weight excluding hydrogens is 190 g/mol. The number of carbonyl (C=O) groups is 1. The number of aromatic nitrogens is 1. The van der Waals surface area contributed by atoms with Crippen molar-refractivity contribution < 1.29 is 9.53 Å². The summed E-state index contributed by atoms with van der Waals surface area (Å²) in [4.78, 5) is 24.8. The van der Waals surface area contributed by atoms with Crippen molar-refractivity contribution in [3.8, 4) is 0 Å². The second-order valence-corrected chi connectivity index (χ2v) is 3.11. The van der Waals surface area contributed by atoms with Gasteiger partial charge in [0.15, 0.2) is 0 Å². The molecule has 0 aromatic carbocycles. The molecular formula is C8H9NO3S. The van der Waals surface area contributed by atoms with E-state index in [1.54, 1.807) is 6.07 Å². The Morgan fingerprint density at radius 3 is 2.69 bits per heavy atom. The summed E-state index contributed by atoms with van der Waals surface area (Å²) in [5.41, 5.74) is -0.390. The fraction of sp³-hybridized carbons (Fsp3) is 0.250. The van der Waals surface area contributed by atoms with E-state index in [-0.39, 0.29) is 5.56 Å². The van der Waals surface area contributed by atoms with Gasteiger partial charge in [0, 0.05) is 0 Å². The molecule has 4 nitrogen and oxygen atoms in total. The van der Waals surface area contributed by atoms with Gasteiger partial charge in [-0.25, -0.2) is 4.79 Å². The van der Waals surface area contributed by atoms with Crippen LogP contribution < -0.4 is 5.56 Å². The molecule has 0 fully saturated rings. The van der Waals surface area contributed by atoms with Crippen LogP contribution in [0.4, 0.5) is 0 Å². The standard InChI is InChI=1S/C8H9NO3S/c1-12-8(11)5-3-4-6(13-2)9-7(5)10/h3-4H,1-2H3,(H,9,10). The largest absolute Gasteiger partial charge is 0.465 e. The van der Waals surface area contributed by atoms with Gasteiger partial charge in [0.1, 0.15) is 5.56 Å². The van der Waals surface area contributed by atoms with Gasteiger partial charge in [-0.3, -0.25) is 4.79 Å². The van der Waals surface area contributed by atoms with Crippen LogP contribution >= 0.6 is 11.8 Å². The smallest absolute Gasteiger partial charge is 0.343 e. The quantitative estimate of drug-likeness (QED) is 0.567. The van der Waals surface area contributed by atoms with Crippen LogP contribution in [0, 0.1) is 0 Å². The van der Waals surface area contributed by atoms with E-state index in [2.05, 4.69) is 9.72 Å². The summed E-state index contributed by atoms with van der Waals surface area (Å²) in [5.74, 6) is -0.617. The van der Waals surface area contributed by atoms with E-state index >= 15 is 0 Å². The summed E-state index contributed by atoms with van der Waals surface area (Å²) in [6, 6.07) is 3.12. The molecule has 0 unspecified atom stereocenters. The third-order valence-corrected chi connectivity index (χ3v) is 2.19. The highest BCUT2D eigenvalue weighted by Gasteiger charge is 2.09. The molecule has 0 saturated carbocycles. The Bertz CT molecular complexity index is 372. The second kappa shape index (κ2) is 4.13. The van der Waals surface area contributed by atoms with Crippen molar-refractivity contribution in [1.29, 1.82) is 0 Å². The van der Waals surface area contributed by atoms with Gasteiger partial charge in [-0.2, -0.15) is 0 Å². The lowest BCUT2D eigenvalue weighted by Gasteiger charge is -1.99. The summed E-state index contributed by atoms with van der Waals surface area (Å²) >= 11 is 1.40. The van der Waals surface area contributed by atoms with Gasteiger partial charge in [0.2, 0.25) is 0 Å². The molecule has 0 radical (unpaired) electrons. The number of rotatable bonds is 2. The number of pyridine rings is 1. The van der Waals surface area contributed by atoms with Crippen LogP contribution in [0.3, 0.4) is 0 Å². The number of H-pyrrole nitrogens is 1. The number of aromatic amines is 1. The molecule has 0 atom stereocenters. The Balaban J connectivity index is 3.13. The van der Waals surface area contributed by atoms with Crippen LogP contribution in [-0.4, -0.2) is 24.3 Å². The molecule has 1 aromatic heterocycles. The van der Waals surface area contributed by atoms with Crippen LogP contribution in [-0.2, 0) is 4.74 Å². The number of esters is 1. The van der Waals surface area contributed by atoms with Gasteiger partial charge in [0.05, 0.1) is 12.1 Å². The summed E-state index contributed by atoms with van der Waals surface area (Å²) in [5, 5.41) is 0.720. The third-order valence-electron chi connectivity index (χ3n) is 1.51. The summed E-state index contributed by atoms with van der Waals surface area (Å²) in [6.07, 6.45) is 1.84. The van der Waals surface area contributed by atoms with Crippen LogP contribution in [0.5, 0.6) is 0 Å². The molecule has 70 valence electrons. The Labute approximate surface area is 79.3 Å². The summed E-state index contributed by atoms with van der Waals surface area (Å²) in [6.45, 7) is 0. The van der Waals surface area contributed by atoms with E-state index < -0.39 is 11.5 Å². The zero-order valence-electron chi connectivity index (χ0n) is 7.29. The number of methoxy groups -OCH3 is 1. The molecule has 1 rings (SSSR count). The molecule has 5 heteroatoms. The average Bonchev–Trinajstić information content (AvgIpc) is 2.16. The van der Waals surface area contributed by atoms with Crippen molar-refractivity contribution in [3.05, 3.63) is 28.0 Å². The van der Waals surface area contributed by atoms with Crippen molar-refractivity contribution in [2.75, 3.05) is 13.4 Å². The molecule has 0 aliphatic heterocycles. The Morgan fingerprint density at radius 2 is 2.23 bits per heavy atom. The number of thioether (sulfide) groups is 1. The number of hydrogen-bond donors (Lipinski definition) is 1. The molecule has 0 amide bonds. The Morgan fingerprint density at radius 1 is 1.54 bits per heavy atom. The Kier molecular flexibility index (Phi) is 3.13. The van der Waals surface area contributed by atoms with Gasteiger partial charge in [0.25, 0.3) is 5.56 Å². The lowest BCUT2D eigenvalue weighted by molar-refractivity contribution is 0.0598. The maximum atomic E-state index is 11.2. The van der Waals surface area contributed by atoms with E-state index in [0.717, 1.165) is 5.03 Å². The van der Waals surface area contributed by atoms with Gasteiger partial charge >= 0.3 is 5.97 Å². The lowest BCUT2D eigenvalue weighted by Crippen LogP contribution is -2.18. The maximum Gasteiger partial charge on any atom is 0.343 e. The average molecular weight is 199 g/mol. The molecule has 13 heavy (non-hydrogen) atoms. The number of carbonyl (C=O) groups excluding carboxylic acids is 1. The van der Waals surface area contributed by atoms with Gasteiger partial charge < -0.3 is 9.72 Å². The fourth-order valence-electron chi connectivity index (χ4n) is 0.845. The van der Waals surface area contributed by atoms with Gasteiger partial charge in [-0.05, 0) is 18.4 Å². The fourth-order valence-corrected chi connectivity index (χ4v) is 1.24. The van der Waals surface area contributed by atoms with Gasteiger partial charge in [-0.1, -0.05) is 0 Å². The van der Waals surface area contributed by atoms with Crippen molar-refractivity contribution in [1.82, 2.24) is 4.98 Å². The normalized spacial score (nSPS) is 9.69. The summed E-state index contributed by atoms with van der Waals surface area (Å²) in [7, 11) is 1.24. The maximum absolute atomic E-state index is 11.2. The summed E-state index contributed by atoms with van der Waals surface area (Å²) < 4.78 is 4.42. The second-order valence-electron chi connectivity index (χ2n) is 2.26. The van der Waals surface area contributed by atoms with E-state index in [0.29, 0.717) is 0 Å². The van der Waals surface area contributed by atoms with Crippen molar-refractivity contribution in [2.45, 2.75) is 5.03 Å². The first-order valence-electron chi connectivity index (χ1n) is 3.54. The predicted octanol–water partition coefficient (Wildman–Crippen LogP) is 0.883. The minimum absolute atomic E-state index is 0.0281. The zero-order valence-corrected chi connectivity index (χ0v) is 8.10. The van der Waals surface area contributed by atoms with E-state index in [4.69, 9.17) is 0 Å². The van der Waals surface area contributed by atoms with Crippen molar-refractivity contribution >= 4 is 17.7 Å². The van der Waals surface area contributed by atoms with Crippen LogP contribution in [0.15, 0.2) is 22.0 Å². The lowest BCUT2D eigenvalue weighted by atomic mass is 10.3. The number of nitrogens with one attached hydrogen (secondary N) is 1. The highest BCUT2D eigenvalue weighted by molar-refractivity contribution is 7.98. The first kappa shape index (κ1) is 9.85. The third kappa shape index (κ3) is 2.12. The van der Waals surface area contributed by atoms with Crippen molar-refractivity contribution in [3.63, 3.8) is 0 Å². The first-order valence-corrected chi connectivity index (χ1v) is 4.77. The number of hydrogen-bond acceptors (Lipinski definition) is 4. The van der Waals surface area contributed by atoms with E-state index in [1.165, 1.54) is 24.9 Å². The first-order chi connectivity index (χ1) is 6.19. The SMILES string of the molecule is COC(=O)c1ccc(SC)[nH]c1=O. The minimum atomic E-state index is -0.617. The van der Waals surface area contributed by atoms with Crippen LogP contribution in [0.25, 0.3) is 0 Å². The van der Waals surface area contributed by atoms with Gasteiger partial charge in [-0.15, -0.1) is 11.8 Å². The molecule has 1 N–H and O–H groups in total. The highest BCUT2D eigenvalue weighted by Crippen LogP contribution is 2.08. The molecule has 1 aromatic rings. The molecule has 1 heterocycles. The van der Waals surface area contributed by atoms with E-state index in [9.17, 15) is 9.59 Å². The van der Waals surface area contributed by atoms with Crippen molar-refractivity contribution in [2.24, 2.45) is 0 Å². The predicted molar refractivity (Wildman–Crippen MR) is 50.2 cm³/mol. The molecule has 0 saturated heterocycles. The minimum Gasteiger partial charge on any atom is -0.465 e. The molecule has 0 aliphatic carbocycles. The molecule has 0 spiro atoms. The Hall–Kier alpha value is -1.23. The highest BCUT2D eigenvalue weighted by atomic mass is 32.2. The monoisotopic (exact) mass is 199 g/mol. The zero-order chi connectivity index (χ0) is 9.84. The molecule has 0 aliphatic rings. The van der Waals surface area contributed by atoms with Crippen LogP contribution in [0.2, 0.25) is 0 Å². The topological polar surface area (TPSA) is 59.2 Å². The number of ether oxygens (including phenoxy) is 1. The van der Waals surface area contributed by atoms with E-state index in [1.807, 2.05) is 6.26 Å².